The van der Waals surface area contributed by atoms with E-state index in [1.807, 2.05) is 0 Å². The summed E-state index contributed by atoms with van der Waals surface area (Å²) in [5.41, 5.74) is 9.44. The maximum Gasteiger partial charge on any atom is 0.158 e. The van der Waals surface area contributed by atoms with Gasteiger partial charge in [0, 0.05) is 22.8 Å². The molecule has 180 valence electrons. The zero-order valence-electron chi connectivity index (χ0n) is 22.3. The molecule has 36 heavy (non-hydrogen) atoms. The van der Waals surface area contributed by atoms with Crippen LogP contribution in [-0.2, 0) is 0 Å². The lowest BCUT2D eigenvalue weighted by Gasteiger charge is -2.39. The Morgan fingerprint density at radius 3 is 2.00 bits per heavy atom. The summed E-state index contributed by atoms with van der Waals surface area (Å²) >= 11 is 0. The van der Waals surface area contributed by atoms with E-state index in [9.17, 15) is 0 Å². The first-order chi connectivity index (χ1) is 17.2. The Balaban J connectivity index is 1.60. The number of hydrogen-bond acceptors (Lipinski definition) is 0. The van der Waals surface area contributed by atoms with Crippen LogP contribution < -0.4 is 5.46 Å². The quantitative estimate of drug-likeness (QED) is 0.220. The van der Waals surface area contributed by atoms with E-state index in [4.69, 9.17) is 0 Å². The third kappa shape index (κ3) is 4.78. The highest BCUT2D eigenvalue weighted by atomic mass is 15.0. The Hall–Kier alpha value is -3.52. The van der Waals surface area contributed by atoms with Gasteiger partial charge in [-0.15, -0.1) is 0 Å². The van der Waals surface area contributed by atoms with Crippen molar-refractivity contribution < 1.29 is 0 Å². The lowest BCUT2D eigenvalue weighted by Crippen LogP contribution is -2.33. The molecule has 0 fully saturated rings. The summed E-state index contributed by atoms with van der Waals surface area (Å²) in [6, 6.07) is 37.4. The Bertz CT molecular complexity index is 1470. The van der Waals surface area contributed by atoms with Gasteiger partial charge in [-0.05, 0) is 51.8 Å². The molecule has 0 spiro atoms. The fourth-order valence-corrected chi connectivity index (χ4v) is 4.80. The van der Waals surface area contributed by atoms with Gasteiger partial charge in [0.25, 0.3) is 0 Å². The number of benzene rings is 4. The third-order valence-corrected chi connectivity index (χ3v) is 8.25. The van der Waals surface area contributed by atoms with E-state index < -0.39 is 0 Å². The van der Waals surface area contributed by atoms with Crippen molar-refractivity contribution in [2.75, 3.05) is 0 Å². The molecule has 5 aromatic rings. The highest BCUT2D eigenvalue weighted by Gasteiger charge is 2.32. The van der Waals surface area contributed by atoms with Gasteiger partial charge in [0.15, 0.2) is 7.28 Å². The summed E-state index contributed by atoms with van der Waals surface area (Å²) in [6.07, 6.45) is 3.48. The predicted molar refractivity (Wildman–Crippen MR) is 159 cm³/mol. The number of fused-ring (bicyclic) bond motifs is 1. The van der Waals surface area contributed by atoms with E-state index in [0.29, 0.717) is 0 Å². The molecule has 0 N–H and O–H groups in total. The van der Waals surface area contributed by atoms with Crippen molar-refractivity contribution in [3.05, 3.63) is 109 Å². The molecular weight excluding hydrogens is 433 g/mol. The molecule has 0 radical (unpaired) electrons. The second-order valence-corrected chi connectivity index (χ2v) is 11.7. The van der Waals surface area contributed by atoms with Crippen molar-refractivity contribution in [3.63, 3.8) is 0 Å². The SMILES string of the molecule is CC(C)(C)C(C)(C)CBc1cccc(-c2cn(-c3ccccc3)c3ccc(-c4ccccc4)cc23)c1. The second kappa shape index (κ2) is 9.50. The maximum absolute atomic E-state index is 2.40. The van der Waals surface area contributed by atoms with Gasteiger partial charge in [0.05, 0.1) is 5.52 Å². The van der Waals surface area contributed by atoms with Crippen LogP contribution in [0.15, 0.2) is 109 Å². The van der Waals surface area contributed by atoms with Crippen molar-refractivity contribution in [1.29, 1.82) is 0 Å². The molecular formula is C34H36BN. The van der Waals surface area contributed by atoms with Crippen LogP contribution in [0.1, 0.15) is 34.6 Å². The molecule has 1 aromatic heterocycles. The van der Waals surface area contributed by atoms with Gasteiger partial charge in [0.1, 0.15) is 0 Å². The molecule has 1 nitrogen and oxygen atoms in total. The van der Waals surface area contributed by atoms with Crippen LogP contribution in [-0.4, -0.2) is 11.8 Å². The molecule has 5 rings (SSSR count). The molecule has 2 heteroatoms. The van der Waals surface area contributed by atoms with Crippen molar-refractivity contribution >= 4 is 23.6 Å². The average Bonchev–Trinajstić information content (AvgIpc) is 3.27. The highest BCUT2D eigenvalue weighted by molar-refractivity contribution is 6.53. The first-order valence-corrected chi connectivity index (χ1v) is 13.1. The van der Waals surface area contributed by atoms with Crippen molar-refractivity contribution in [2.45, 2.75) is 40.9 Å². The number of nitrogens with zero attached hydrogens (tertiary/aromatic N) is 1. The monoisotopic (exact) mass is 469 g/mol. The van der Waals surface area contributed by atoms with Gasteiger partial charge in [-0.3, -0.25) is 0 Å². The molecule has 0 aliphatic carbocycles. The van der Waals surface area contributed by atoms with Crippen LogP contribution >= 0.6 is 0 Å². The summed E-state index contributed by atoms with van der Waals surface area (Å²) in [7, 11) is 1.09. The summed E-state index contributed by atoms with van der Waals surface area (Å²) in [5, 5.41) is 1.28. The third-order valence-electron chi connectivity index (χ3n) is 8.25. The van der Waals surface area contributed by atoms with Gasteiger partial charge in [-0.25, -0.2) is 0 Å². The maximum atomic E-state index is 2.40. The molecule has 0 bridgehead atoms. The topological polar surface area (TPSA) is 4.93 Å². The second-order valence-electron chi connectivity index (χ2n) is 11.7. The number of rotatable bonds is 6. The van der Waals surface area contributed by atoms with E-state index >= 15 is 0 Å². The average molecular weight is 469 g/mol. The largest absolute Gasteiger partial charge is 0.316 e. The molecule has 0 saturated heterocycles. The van der Waals surface area contributed by atoms with Gasteiger partial charge in [-0.2, -0.15) is 0 Å². The van der Waals surface area contributed by atoms with Crippen LogP contribution in [0.25, 0.3) is 38.8 Å². The van der Waals surface area contributed by atoms with Gasteiger partial charge in [0.2, 0.25) is 0 Å². The predicted octanol–water partition coefficient (Wildman–Crippen LogP) is 8.52. The Morgan fingerprint density at radius 1 is 0.639 bits per heavy atom. The smallest absolute Gasteiger partial charge is 0.158 e. The van der Waals surface area contributed by atoms with E-state index in [1.54, 1.807) is 0 Å². The molecule has 0 unspecified atom stereocenters. The highest BCUT2D eigenvalue weighted by Crippen LogP contribution is 2.41. The lowest BCUT2D eigenvalue weighted by molar-refractivity contribution is 0.157. The van der Waals surface area contributed by atoms with E-state index in [1.165, 1.54) is 50.6 Å². The summed E-state index contributed by atoms with van der Waals surface area (Å²) in [5.74, 6) is 0. The fourth-order valence-electron chi connectivity index (χ4n) is 4.80. The van der Waals surface area contributed by atoms with Gasteiger partial charge in [-0.1, -0.05) is 125 Å². The van der Waals surface area contributed by atoms with Gasteiger partial charge >= 0.3 is 0 Å². The number of hydrogen-bond donors (Lipinski definition) is 0. The summed E-state index contributed by atoms with van der Waals surface area (Å²) in [4.78, 5) is 0. The summed E-state index contributed by atoms with van der Waals surface area (Å²) in [6.45, 7) is 11.9. The van der Waals surface area contributed by atoms with E-state index in [2.05, 4.69) is 149 Å². The summed E-state index contributed by atoms with van der Waals surface area (Å²) < 4.78 is 2.33. The van der Waals surface area contributed by atoms with Crippen molar-refractivity contribution in [2.24, 2.45) is 10.8 Å². The van der Waals surface area contributed by atoms with E-state index in [0.717, 1.165) is 7.28 Å². The van der Waals surface area contributed by atoms with Gasteiger partial charge < -0.3 is 4.57 Å². The van der Waals surface area contributed by atoms with Crippen LogP contribution in [0, 0.1) is 10.8 Å². The van der Waals surface area contributed by atoms with E-state index in [-0.39, 0.29) is 10.8 Å². The minimum atomic E-state index is 0.275. The van der Waals surface area contributed by atoms with Crippen molar-refractivity contribution in [1.82, 2.24) is 4.57 Å². The molecule has 1 heterocycles. The zero-order valence-corrected chi connectivity index (χ0v) is 22.3. The lowest BCUT2D eigenvalue weighted by atomic mass is 9.53. The molecule has 4 aromatic carbocycles. The Kier molecular flexibility index (Phi) is 6.39. The molecule has 0 aliphatic heterocycles. The molecule has 0 amide bonds. The van der Waals surface area contributed by atoms with Crippen LogP contribution in [0.4, 0.5) is 0 Å². The molecule has 0 atom stereocenters. The fraction of sp³-hybridized carbons (Fsp3) is 0.235. The first kappa shape index (κ1) is 24.2. The number of aromatic nitrogens is 1. The van der Waals surface area contributed by atoms with Crippen LogP contribution in [0.3, 0.4) is 0 Å². The Morgan fingerprint density at radius 2 is 1.31 bits per heavy atom. The minimum Gasteiger partial charge on any atom is -0.316 e. The van der Waals surface area contributed by atoms with Crippen molar-refractivity contribution in [3.8, 4) is 27.9 Å². The van der Waals surface area contributed by atoms with Crippen LogP contribution in [0.2, 0.25) is 6.32 Å². The first-order valence-electron chi connectivity index (χ1n) is 13.1. The molecule has 0 aliphatic rings. The Labute approximate surface area is 217 Å². The standard InChI is InChI=1S/C34H36BN/c1-33(2,3)34(4,5)24-35-28-16-12-15-27(21-28)31-23-36(29-17-10-7-11-18-29)32-20-19-26(22-30(31)32)25-13-8-6-9-14-25/h6-23,35H,24H2,1-5H3. The molecule has 0 saturated carbocycles. The van der Waals surface area contributed by atoms with Crippen LogP contribution in [0.5, 0.6) is 0 Å². The number of para-hydroxylation sites is 1. The normalized spacial score (nSPS) is 12.1. The zero-order chi connectivity index (χ0) is 25.3. The minimum absolute atomic E-state index is 0.275.